The highest BCUT2D eigenvalue weighted by atomic mass is 16.6. The second-order valence-corrected chi connectivity index (χ2v) is 2.68. The van der Waals surface area contributed by atoms with Crippen LogP contribution in [0.3, 0.4) is 0 Å². The summed E-state index contributed by atoms with van der Waals surface area (Å²) in [6.07, 6.45) is 2.97. The molecule has 0 atom stereocenters. The molecule has 0 unspecified atom stereocenters. The molecule has 0 N–H and O–H groups in total. The van der Waals surface area contributed by atoms with Crippen molar-refractivity contribution in [3.05, 3.63) is 39.7 Å². The number of nitrogens with zero attached hydrogens (tertiary/aromatic N) is 2. The van der Waals surface area contributed by atoms with Gasteiger partial charge >= 0.3 is 0 Å². The molecule has 14 heavy (non-hydrogen) atoms. The third kappa shape index (κ3) is 2.55. The van der Waals surface area contributed by atoms with Crippen LogP contribution in [0.15, 0.2) is 24.0 Å². The largest absolute Gasteiger partial charge is 0.481 e. The third-order valence-corrected chi connectivity index (χ3v) is 1.63. The molecule has 0 fully saturated rings. The highest BCUT2D eigenvalue weighted by molar-refractivity contribution is 5.49. The van der Waals surface area contributed by atoms with E-state index in [1.807, 2.05) is 0 Å². The fourth-order valence-electron chi connectivity index (χ4n) is 0.892. The molecular weight excluding hydrogens is 184 g/mol. The maximum absolute atomic E-state index is 10.3. The van der Waals surface area contributed by atoms with Gasteiger partial charge in [-0.05, 0) is 11.6 Å². The molecule has 74 valence electrons. The molecule has 0 aliphatic carbocycles. The Labute approximate surface area is 81.2 Å². The summed E-state index contributed by atoms with van der Waals surface area (Å²) in [5.41, 5.74) is 0.761. The average molecular weight is 194 g/mol. The molecule has 0 bridgehead atoms. The zero-order valence-electron chi connectivity index (χ0n) is 7.93. The van der Waals surface area contributed by atoms with Gasteiger partial charge in [-0.3, -0.25) is 10.1 Å². The highest BCUT2D eigenvalue weighted by Gasteiger charge is 2.02. The molecule has 5 nitrogen and oxygen atoms in total. The summed E-state index contributed by atoms with van der Waals surface area (Å²) < 4.78 is 4.86. The van der Waals surface area contributed by atoms with Crippen LogP contribution in [-0.2, 0) is 0 Å². The number of rotatable bonds is 3. The number of hydrogen-bond donors (Lipinski definition) is 0. The van der Waals surface area contributed by atoms with Gasteiger partial charge in [-0.15, -0.1) is 0 Å². The molecule has 1 heterocycles. The topological polar surface area (TPSA) is 65.3 Å². The van der Waals surface area contributed by atoms with Gasteiger partial charge in [0.05, 0.1) is 12.0 Å². The van der Waals surface area contributed by atoms with Crippen molar-refractivity contribution in [1.82, 2.24) is 4.98 Å². The smallest absolute Gasteiger partial charge is 0.243 e. The predicted octanol–water partition coefficient (Wildman–Crippen LogP) is 1.73. The lowest BCUT2D eigenvalue weighted by Gasteiger charge is -1.97. The summed E-state index contributed by atoms with van der Waals surface area (Å²) in [7, 11) is 1.51. The van der Waals surface area contributed by atoms with Crippen LogP contribution in [0.4, 0.5) is 0 Å². The zero-order chi connectivity index (χ0) is 10.6. The first-order chi connectivity index (χ1) is 6.63. The van der Waals surface area contributed by atoms with Crippen molar-refractivity contribution in [1.29, 1.82) is 0 Å². The SMILES string of the molecule is COc1ccc(C=C(C)[N+](=O)[O-])cn1. The van der Waals surface area contributed by atoms with Crippen LogP contribution in [0.25, 0.3) is 6.08 Å². The van der Waals surface area contributed by atoms with E-state index in [1.54, 1.807) is 12.1 Å². The van der Waals surface area contributed by atoms with Crippen molar-refractivity contribution in [2.45, 2.75) is 6.92 Å². The van der Waals surface area contributed by atoms with E-state index in [2.05, 4.69) is 4.98 Å². The number of pyridine rings is 1. The summed E-state index contributed by atoms with van der Waals surface area (Å²) in [5, 5.41) is 10.3. The highest BCUT2D eigenvalue weighted by Crippen LogP contribution is 2.10. The first-order valence-corrected chi connectivity index (χ1v) is 3.96. The van der Waals surface area contributed by atoms with Crippen molar-refractivity contribution in [3.63, 3.8) is 0 Å². The summed E-state index contributed by atoms with van der Waals surface area (Å²) in [4.78, 5) is 13.8. The Morgan fingerprint density at radius 3 is 2.79 bits per heavy atom. The summed E-state index contributed by atoms with van der Waals surface area (Å²) in [6, 6.07) is 3.36. The van der Waals surface area contributed by atoms with E-state index in [9.17, 15) is 10.1 Å². The average Bonchev–Trinajstić information content (AvgIpc) is 2.19. The van der Waals surface area contributed by atoms with Crippen LogP contribution in [-0.4, -0.2) is 17.0 Å². The first-order valence-electron chi connectivity index (χ1n) is 3.96. The standard InChI is InChI=1S/C9H10N2O3/c1-7(11(12)13)5-8-3-4-9(14-2)10-6-8/h3-6H,1-2H3. The second-order valence-electron chi connectivity index (χ2n) is 2.68. The lowest BCUT2D eigenvalue weighted by molar-refractivity contribution is -0.422. The Morgan fingerprint density at radius 2 is 2.36 bits per heavy atom. The van der Waals surface area contributed by atoms with E-state index in [0.717, 1.165) is 0 Å². The molecule has 0 saturated heterocycles. The molecule has 0 aromatic carbocycles. The normalized spacial score (nSPS) is 11.1. The molecule has 1 aromatic heterocycles. The summed E-state index contributed by atoms with van der Waals surface area (Å²) in [5.74, 6) is 0.487. The van der Waals surface area contributed by atoms with Crippen LogP contribution < -0.4 is 4.74 Å². The molecule has 0 aliphatic rings. The van der Waals surface area contributed by atoms with Crippen LogP contribution in [0.1, 0.15) is 12.5 Å². The minimum absolute atomic E-state index is 0.0805. The monoisotopic (exact) mass is 194 g/mol. The van der Waals surface area contributed by atoms with Gasteiger partial charge < -0.3 is 4.74 Å². The van der Waals surface area contributed by atoms with Crippen molar-refractivity contribution >= 4 is 6.08 Å². The molecule has 1 rings (SSSR count). The number of methoxy groups -OCH3 is 1. The second kappa shape index (κ2) is 4.36. The van der Waals surface area contributed by atoms with Crippen molar-refractivity contribution in [2.24, 2.45) is 0 Å². The molecule has 0 radical (unpaired) electrons. The molecule has 1 aromatic rings. The summed E-state index contributed by atoms with van der Waals surface area (Å²) in [6.45, 7) is 1.43. The van der Waals surface area contributed by atoms with E-state index in [1.165, 1.54) is 26.3 Å². The van der Waals surface area contributed by atoms with E-state index in [4.69, 9.17) is 4.74 Å². The van der Waals surface area contributed by atoms with Gasteiger partial charge in [-0.2, -0.15) is 0 Å². The van der Waals surface area contributed by atoms with Gasteiger partial charge in [0.1, 0.15) is 0 Å². The Morgan fingerprint density at radius 1 is 1.64 bits per heavy atom. The Hall–Kier alpha value is -1.91. The van der Waals surface area contributed by atoms with Gasteiger partial charge in [0.15, 0.2) is 0 Å². The third-order valence-electron chi connectivity index (χ3n) is 1.63. The van der Waals surface area contributed by atoms with Crippen molar-refractivity contribution in [2.75, 3.05) is 7.11 Å². The van der Waals surface area contributed by atoms with Crippen LogP contribution >= 0.6 is 0 Å². The Balaban J connectivity index is 2.88. The van der Waals surface area contributed by atoms with Crippen LogP contribution in [0, 0.1) is 10.1 Å². The Kier molecular flexibility index (Phi) is 3.17. The number of aromatic nitrogens is 1. The maximum atomic E-state index is 10.3. The van der Waals surface area contributed by atoms with E-state index < -0.39 is 4.92 Å². The lowest BCUT2D eigenvalue weighted by atomic mass is 10.2. The number of nitro groups is 1. The van der Waals surface area contributed by atoms with Gasteiger partial charge in [-0.1, -0.05) is 0 Å². The predicted molar refractivity (Wildman–Crippen MR) is 51.4 cm³/mol. The fraction of sp³-hybridized carbons (Fsp3) is 0.222. The van der Waals surface area contributed by atoms with Crippen molar-refractivity contribution < 1.29 is 9.66 Å². The maximum Gasteiger partial charge on any atom is 0.243 e. The molecule has 5 heteroatoms. The Bertz CT molecular complexity index is 357. The first kappa shape index (κ1) is 10.2. The zero-order valence-corrected chi connectivity index (χ0v) is 7.93. The molecule has 0 spiro atoms. The van der Waals surface area contributed by atoms with Gasteiger partial charge in [0, 0.05) is 25.3 Å². The minimum Gasteiger partial charge on any atom is -0.481 e. The quantitative estimate of drug-likeness (QED) is 0.542. The van der Waals surface area contributed by atoms with Gasteiger partial charge in [0.2, 0.25) is 11.6 Å². The molecule has 0 amide bonds. The fourth-order valence-corrected chi connectivity index (χ4v) is 0.892. The van der Waals surface area contributed by atoms with Gasteiger partial charge in [-0.25, -0.2) is 4.98 Å². The number of ether oxygens (including phenoxy) is 1. The van der Waals surface area contributed by atoms with E-state index in [-0.39, 0.29) is 5.70 Å². The number of hydrogen-bond acceptors (Lipinski definition) is 4. The van der Waals surface area contributed by atoms with E-state index in [0.29, 0.717) is 11.4 Å². The minimum atomic E-state index is -0.440. The van der Waals surface area contributed by atoms with Crippen molar-refractivity contribution in [3.8, 4) is 5.88 Å². The van der Waals surface area contributed by atoms with Gasteiger partial charge in [0.25, 0.3) is 0 Å². The lowest BCUT2D eigenvalue weighted by Crippen LogP contribution is -1.93. The summed E-state index contributed by atoms with van der Waals surface area (Å²) >= 11 is 0. The molecule has 0 saturated carbocycles. The molecule has 0 aliphatic heterocycles. The van der Waals surface area contributed by atoms with Crippen LogP contribution in [0.2, 0.25) is 0 Å². The van der Waals surface area contributed by atoms with E-state index >= 15 is 0 Å². The van der Waals surface area contributed by atoms with Crippen LogP contribution in [0.5, 0.6) is 5.88 Å². The number of allylic oxidation sites excluding steroid dienone is 1. The molecular formula is C9H10N2O3.